The van der Waals surface area contributed by atoms with Gasteiger partial charge >= 0.3 is 17.9 Å². The largest absolute Gasteiger partial charge is 0.477 e. The molecule has 0 saturated carbocycles. The lowest BCUT2D eigenvalue weighted by Crippen LogP contribution is -2.40. The summed E-state index contributed by atoms with van der Waals surface area (Å²) < 4.78 is 22.9. The molecule has 0 saturated heterocycles. The van der Waals surface area contributed by atoms with E-state index in [9.17, 15) is 19.5 Å². The van der Waals surface area contributed by atoms with E-state index in [1.54, 1.807) is 0 Å². The topological polar surface area (TPSA) is 108 Å². The van der Waals surface area contributed by atoms with Gasteiger partial charge in [0.05, 0.1) is 34.4 Å². The lowest BCUT2D eigenvalue weighted by atomic mass is 10.0. The van der Waals surface area contributed by atoms with Gasteiger partial charge in [0.15, 0.2) is 6.10 Å². The molecule has 0 radical (unpaired) electrons. The molecule has 0 aromatic carbocycles. The average molecular weight is 1120 g/mol. The van der Waals surface area contributed by atoms with E-state index in [1.807, 2.05) is 21.1 Å². The van der Waals surface area contributed by atoms with E-state index in [4.69, 9.17) is 18.9 Å². The first-order valence-electron chi connectivity index (χ1n) is 34.5. The number of hydrogen-bond donors (Lipinski definition) is 1. The summed E-state index contributed by atoms with van der Waals surface area (Å²) >= 11 is 0. The number of carbonyl (C=O) groups is 3. The summed E-state index contributed by atoms with van der Waals surface area (Å²) in [5.74, 6) is -1.99. The Morgan fingerprint density at radius 3 is 0.937 bits per heavy atom. The van der Waals surface area contributed by atoms with Crippen molar-refractivity contribution in [1.82, 2.24) is 0 Å². The molecule has 79 heavy (non-hydrogen) atoms. The third-order valence-electron chi connectivity index (χ3n) is 15.7. The molecule has 0 amide bonds. The maximum absolute atomic E-state index is 12.9. The van der Waals surface area contributed by atoms with Gasteiger partial charge in [-0.2, -0.15) is 0 Å². The van der Waals surface area contributed by atoms with Crippen LogP contribution in [0.2, 0.25) is 0 Å². The molecular weight excluding hydrogens is 983 g/mol. The molecule has 9 nitrogen and oxygen atoms in total. The number of likely N-dealkylation sites (N-methyl/N-ethyl adjacent to an activating group) is 1. The number of carboxylic acid groups (broad SMARTS) is 1. The Kier molecular flexibility index (Phi) is 60.1. The van der Waals surface area contributed by atoms with Crippen LogP contribution in [0.4, 0.5) is 0 Å². The first-order chi connectivity index (χ1) is 38.6. The van der Waals surface area contributed by atoms with E-state index in [0.717, 1.165) is 51.4 Å². The normalized spacial score (nSPS) is 12.8. The second-order valence-corrected chi connectivity index (χ2v) is 24.8. The fourth-order valence-electron chi connectivity index (χ4n) is 10.4. The van der Waals surface area contributed by atoms with Crippen molar-refractivity contribution in [2.24, 2.45) is 0 Å². The molecule has 9 heteroatoms. The predicted molar refractivity (Wildman–Crippen MR) is 337 cm³/mol. The van der Waals surface area contributed by atoms with E-state index >= 15 is 0 Å². The lowest BCUT2D eigenvalue weighted by molar-refractivity contribution is -0.870. The van der Waals surface area contributed by atoms with Gasteiger partial charge in [0.2, 0.25) is 0 Å². The zero-order valence-electron chi connectivity index (χ0n) is 53.3. The van der Waals surface area contributed by atoms with Crippen LogP contribution >= 0.6 is 0 Å². The number of hydrogen-bond acceptors (Lipinski definition) is 7. The van der Waals surface area contributed by atoms with E-state index < -0.39 is 18.4 Å². The zero-order valence-corrected chi connectivity index (χ0v) is 53.3. The molecule has 0 aromatic heterocycles. The molecule has 0 aliphatic rings. The third kappa shape index (κ3) is 63.2. The number of nitrogens with zero attached hydrogens (tertiary/aromatic N) is 1. The van der Waals surface area contributed by atoms with Crippen LogP contribution in [0.1, 0.15) is 348 Å². The zero-order chi connectivity index (χ0) is 57.6. The van der Waals surface area contributed by atoms with Crippen LogP contribution in [0, 0.1) is 0 Å². The molecule has 0 heterocycles. The summed E-state index contributed by atoms with van der Waals surface area (Å²) in [6, 6.07) is 0. The SMILES string of the molecule is CCCCCCCC/C=C\CCCCCCCC(=O)OCC(COC(OCC[N+](C)(C)C)C(=O)O)OC(=O)CCCCCCCCCCCCCCCCCCCCCCCCCCCCC/C=C\CCCCCCCCCC. The predicted octanol–water partition coefficient (Wildman–Crippen LogP) is 21.0. The fourth-order valence-corrected chi connectivity index (χ4v) is 10.4. The van der Waals surface area contributed by atoms with E-state index in [2.05, 4.69) is 38.2 Å². The molecule has 0 spiro atoms. The van der Waals surface area contributed by atoms with Crippen molar-refractivity contribution >= 4 is 17.9 Å². The van der Waals surface area contributed by atoms with Crippen molar-refractivity contribution in [2.45, 2.75) is 360 Å². The molecule has 2 atom stereocenters. The van der Waals surface area contributed by atoms with Gasteiger partial charge in [-0.05, 0) is 64.2 Å². The molecule has 0 rings (SSSR count). The highest BCUT2D eigenvalue weighted by Gasteiger charge is 2.25. The standard InChI is InChI=1S/C70H133NO8/c1-6-8-10-12-14-16-18-20-22-23-24-25-26-27-28-29-30-31-32-33-34-35-36-37-38-39-40-41-42-43-44-45-47-49-51-53-55-57-59-61-68(73)79-66(65-78-70(69(74)75)76-63-62-71(3,4)5)64-77-67(72)60-58-56-54-52-50-48-46-21-19-17-15-13-11-9-7-2/h21,23-24,46,66,70H,6-20,22,25-45,47-65H2,1-5H3/p+1/b24-23-,46-21-. The van der Waals surface area contributed by atoms with Crippen molar-refractivity contribution < 1.29 is 42.9 Å². The molecule has 1 N–H and O–H groups in total. The molecule has 0 fully saturated rings. The highest BCUT2D eigenvalue weighted by Crippen LogP contribution is 2.18. The number of allylic oxidation sites excluding steroid dienone is 4. The van der Waals surface area contributed by atoms with Crippen LogP contribution < -0.4 is 0 Å². The van der Waals surface area contributed by atoms with E-state index in [1.165, 1.54) is 270 Å². The van der Waals surface area contributed by atoms with Crippen molar-refractivity contribution in [1.29, 1.82) is 0 Å². The average Bonchev–Trinajstić information content (AvgIpc) is 3.42. The van der Waals surface area contributed by atoms with E-state index in [-0.39, 0.29) is 38.2 Å². The number of ether oxygens (including phenoxy) is 4. The van der Waals surface area contributed by atoms with Gasteiger partial charge in [-0.3, -0.25) is 9.59 Å². The van der Waals surface area contributed by atoms with Gasteiger partial charge in [-0.15, -0.1) is 0 Å². The Morgan fingerprint density at radius 1 is 0.367 bits per heavy atom. The Morgan fingerprint density at radius 2 is 0.646 bits per heavy atom. The summed E-state index contributed by atoms with van der Waals surface area (Å²) in [5, 5.41) is 9.71. The highest BCUT2D eigenvalue weighted by molar-refractivity contribution is 5.71. The summed E-state index contributed by atoms with van der Waals surface area (Å²) in [4.78, 5) is 37.5. The first-order valence-corrected chi connectivity index (χ1v) is 34.5. The number of esters is 2. The number of carboxylic acids is 1. The van der Waals surface area contributed by atoms with Gasteiger partial charge in [-0.1, -0.05) is 295 Å². The van der Waals surface area contributed by atoms with Gasteiger partial charge in [0.25, 0.3) is 6.29 Å². The van der Waals surface area contributed by atoms with Crippen molar-refractivity contribution in [2.75, 3.05) is 47.5 Å². The maximum Gasteiger partial charge on any atom is 0.361 e. The third-order valence-corrected chi connectivity index (χ3v) is 15.7. The summed E-state index contributed by atoms with van der Waals surface area (Å²) in [7, 11) is 5.98. The molecule has 0 aliphatic carbocycles. The fraction of sp³-hybridized carbons (Fsp3) is 0.900. The van der Waals surface area contributed by atoms with Crippen LogP contribution in [0.25, 0.3) is 0 Å². The van der Waals surface area contributed by atoms with Crippen LogP contribution in [0.3, 0.4) is 0 Å². The molecular formula is C70H134NO8+. The minimum atomic E-state index is -1.51. The van der Waals surface area contributed by atoms with Crippen molar-refractivity contribution in [3.8, 4) is 0 Å². The van der Waals surface area contributed by atoms with Crippen LogP contribution in [-0.2, 0) is 33.3 Å². The van der Waals surface area contributed by atoms with Crippen LogP contribution in [-0.4, -0.2) is 87.4 Å². The van der Waals surface area contributed by atoms with Crippen molar-refractivity contribution in [3.63, 3.8) is 0 Å². The molecule has 0 aliphatic heterocycles. The monoisotopic (exact) mass is 1120 g/mol. The molecule has 0 aromatic rings. The van der Waals surface area contributed by atoms with Crippen LogP contribution in [0.5, 0.6) is 0 Å². The second-order valence-electron chi connectivity index (χ2n) is 24.8. The Labute approximate surface area is 490 Å². The number of rotatable bonds is 65. The molecule has 466 valence electrons. The second kappa shape index (κ2) is 61.8. The van der Waals surface area contributed by atoms with Crippen molar-refractivity contribution in [3.05, 3.63) is 24.3 Å². The summed E-state index contributed by atoms with van der Waals surface area (Å²) in [6.07, 6.45) is 73.2. The lowest BCUT2D eigenvalue weighted by Gasteiger charge is -2.25. The Balaban J connectivity index is 3.92. The smallest absolute Gasteiger partial charge is 0.361 e. The Bertz CT molecular complexity index is 1340. The van der Waals surface area contributed by atoms with Crippen LogP contribution in [0.15, 0.2) is 24.3 Å². The number of aliphatic carboxylic acids is 1. The first kappa shape index (κ1) is 76.8. The van der Waals surface area contributed by atoms with Gasteiger partial charge < -0.3 is 28.5 Å². The number of carbonyl (C=O) groups excluding carboxylic acids is 2. The number of unbranched alkanes of at least 4 members (excludes halogenated alkanes) is 46. The minimum absolute atomic E-state index is 0.181. The van der Waals surface area contributed by atoms with Gasteiger partial charge in [-0.25, -0.2) is 4.79 Å². The highest BCUT2D eigenvalue weighted by atomic mass is 16.7. The summed E-state index contributed by atoms with van der Waals surface area (Å²) in [6.45, 7) is 4.91. The van der Waals surface area contributed by atoms with Gasteiger partial charge in [0.1, 0.15) is 13.2 Å². The van der Waals surface area contributed by atoms with Gasteiger partial charge in [0, 0.05) is 12.8 Å². The summed E-state index contributed by atoms with van der Waals surface area (Å²) in [5.41, 5.74) is 0. The quantitative estimate of drug-likeness (QED) is 0.0211. The number of quaternary nitrogens is 1. The van der Waals surface area contributed by atoms with E-state index in [0.29, 0.717) is 17.4 Å². The Hall–Kier alpha value is -2.23. The minimum Gasteiger partial charge on any atom is -0.477 e. The molecule has 2 unspecified atom stereocenters. The maximum atomic E-state index is 12.9. The molecule has 0 bridgehead atoms.